The van der Waals surface area contributed by atoms with Crippen molar-refractivity contribution in [3.05, 3.63) is 48.8 Å². The third-order valence-corrected chi connectivity index (χ3v) is 3.32. The lowest BCUT2D eigenvalue weighted by Gasteiger charge is -2.08. The average Bonchev–Trinajstić information content (AvgIpc) is 3.05. The summed E-state index contributed by atoms with van der Waals surface area (Å²) in [5.74, 6) is 0.516. The summed E-state index contributed by atoms with van der Waals surface area (Å²) >= 11 is 0. The summed E-state index contributed by atoms with van der Waals surface area (Å²) < 4.78 is 4.00. The molecule has 6 nitrogen and oxygen atoms in total. The summed E-state index contributed by atoms with van der Waals surface area (Å²) in [6.07, 6.45) is 8.11. The van der Waals surface area contributed by atoms with E-state index < -0.39 is 0 Å². The molecule has 0 amide bonds. The Hall–Kier alpha value is -2.63. The van der Waals surface area contributed by atoms with Crippen LogP contribution in [0.4, 0.5) is 5.82 Å². The highest BCUT2D eigenvalue weighted by molar-refractivity contribution is 5.61. The minimum atomic E-state index is 0.516. The number of rotatable bonds is 4. The van der Waals surface area contributed by atoms with E-state index in [9.17, 15) is 0 Å². The lowest BCUT2D eigenvalue weighted by Crippen LogP contribution is -2.06. The lowest BCUT2D eigenvalue weighted by molar-refractivity contribution is 0.639. The first-order chi connectivity index (χ1) is 9.74. The largest absolute Gasteiger partial charge is 0.384 e. The van der Waals surface area contributed by atoms with Crippen LogP contribution in [0.25, 0.3) is 11.3 Å². The molecule has 102 valence electrons. The van der Waals surface area contributed by atoms with Crippen molar-refractivity contribution in [2.75, 3.05) is 5.73 Å². The standard InChI is InChI=1S/C14H16N6/c1-19-12(3-6-18-19)4-7-20-10-16-9-13(20)11-2-5-17-14(15)8-11/h2-3,5-6,8-10H,4,7H2,1H3,(H2,15,17). The Morgan fingerprint density at radius 1 is 1.25 bits per heavy atom. The number of nitrogens with two attached hydrogens (primary N) is 1. The number of pyridine rings is 1. The van der Waals surface area contributed by atoms with Crippen LogP contribution < -0.4 is 5.73 Å². The molecule has 3 aromatic rings. The van der Waals surface area contributed by atoms with Gasteiger partial charge in [0.15, 0.2) is 0 Å². The Balaban J connectivity index is 1.82. The highest BCUT2D eigenvalue weighted by atomic mass is 15.3. The molecular formula is C14H16N6. The van der Waals surface area contributed by atoms with Crippen LogP contribution in [0.2, 0.25) is 0 Å². The second-order valence-corrected chi connectivity index (χ2v) is 4.64. The topological polar surface area (TPSA) is 74.5 Å². The van der Waals surface area contributed by atoms with E-state index in [0.29, 0.717) is 5.82 Å². The average molecular weight is 268 g/mol. The van der Waals surface area contributed by atoms with Gasteiger partial charge in [0.1, 0.15) is 5.82 Å². The maximum atomic E-state index is 5.73. The van der Waals surface area contributed by atoms with Crippen LogP contribution in [-0.4, -0.2) is 24.3 Å². The molecule has 0 atom stereocenters. The highest BCUT2D eigenvalue weighted by Crippen LogP contribution is 2.20. The van der Waals surface area contributed by atoms with Crippen LogP contribution in [-0.2, 0) is 20.0 Å². The van der Waals surface area contributed by atoms with Gasteiger partial charge in [0.25, 0.3) is 0 Å². The van der Waals surface area contributed by atoms with Crippen molar-refractivity contribution in [3.8, 4) is 11.3 Å². The molecule has 0 bridgehead atoms. The number of aryl methyl sites for hydroxylation is 3. The van der Waals surface area contributed by atoms with E-state index >= 15 is 0 Å². The van der Waals surface area contributed by atoms with Gasteiger partial charge in [-0.1, -0.05) is 0 Å². The van der Waals surface area contributed by atoms with Gasteiger partial charge in [-0.05, 0) is 18.2 Å². The second kappa shape index (κ2) is 5.16. The number of hydrogen-bond acceptors (Lipinski definition) is 4. The molecule has 3 heterocycles. The molecule has 3 aromatic heterocycles. The third kappa shape index (κ3) is 2.40. The first-order valence-corrected chi connectivity index (χ1v) is 6.43. The molecule has 0 fully saturated rings. The molecule has 0 spiro atoms. The molecule has 20 heavy (non-hydrogen) atoms. The van der Waals surface area contributed by atoms with Crippen molar-refractivity contribution in [1.82, 2.24) is 24.3 Å². The minimum absolute atomic E-state index is 0.516. The molecule has 3 rings (SSSR count). The number of hydrogen-bond donors (Lipinski definition) is 1. The SMILES string of the molecule is Cn1nccc1CCn1cncc1-c1ccnc(N)c1. The molecule has 0 unspecified atom stereocenters. The predicted octanol–water partition coefficient (Wildman–Crippen LogP) is 1.50. The predicted molar refractivity (Wildman–Crippen MR) is 76.8 cm³/mol. The first-order valence-electron chi connectivity index (χ1n) is 6.43. The van der Waals surface area contributed by atoms with Gasteiger partial charge in [-0.15, -0.1) is 0 Å². The third-order valence-electron chi connectivity index (χ3n) is 3.32. The van der Waals surface area contributed by atoms with E-state index in [4.69, 9.17) is 5.73 Å². The van der Waals surface area contributed by atoms with Crippen molar-refractivity contribution in [2.45, 2.75) is 13.0 Å². The van der Waals surface area contributed by atoms with Crippen LogP contribution in [0.3, 0.4) is 0 Å². The number of nitrogens with zero attached hydrogens (tertiary/aromatic N) is 5. The molecule has 0 radical (unpaired) electrons. The molecule has 0 aliphatic heterocycles. The Kier molecular flexibility index (Phi) is 3.20. The van der Waals surface area contributed by atoms with Crippen LogP contribution in [0.15, 0.2) is 43.1 Å². The second-order valence-electron chi connectivity index (χ2n) is 4.64. The zero-order valence-corrected chi connectivity index (χ0v) is 11.3. The van der Waals surface area contributed by atoms with Gasteiger partial charge in [0, 0.05) is 43.7 Å². The van der Waals surface area contributed by atoms with E-state index in [-0.39, 0.29) is 0 Å². The quantitative estimate of drug-likeness (QED) is 0.778. The maximum Gasteiger partial charge on any atom is 0.123 e. The van der Waals surface area contributed by atoms with Gasteiger partial charge in [-0.25, -0.2) is 9.97 Å². The molecule has 0 saturated carbocycles. The number of imidazole rings is 1. The Bertz CT molecular complexity index is 712. The zero-order valence-electron chi connectivity index (χ0n) is 11.3. The molecule has 0 aliphatic carbocycles. The number of nitrogen functional groups attached to an aromatic ring is 1. The minimum Gasteiger partial charge on any atom is -0.384 e. The van der Waals surface area contributed by atoms with Gasteiger partial charge in [-0.2, -0.15) is 5.10 Å². The number of aromatic nitrogens is 5. The summed E-state index contributed by atoms with van der Waals surface area (Å²) in [4.78, 5) is 8.24. The number of anilines is 1. The maximum absolute atomic E-state index is 5.73. The fourth-order valence-electron chi connectivity index (χ4n) is 2.23. The zero-order chi connectivity index (χ0) is 13.9. The van der Waals surface area contributed by atoms with Crippen LogP contribution >= 0.6 is 0 Å². The smallest absolute Gasteiger partial charge is 0.123 e. The van der Waals surface area contributed by atoms with E-state index in [2.05, 4.69) is 19.6 Å². The van der Waals surface area contributed by atoms with Crippen LogP contribution in [0.5, 0.6) is 0 Å². The van der Waals surface area contributed by atoms with Gasteiger partial charge in [0.2, 0.25) is 0 Å². The fraction of sp³-hybridized carbons (Fsp3) is 0.214. The molecule has 0 aromatic carbocycles. The first kappa shape index (κ1) is 12.4. The van der Waals surface area contributed by atoms with Crippen molar-refractivity contribution in [2.24, 2.45) is 7.05 Å². The Morgan fingerprint density at radius 3 is 2.90 bits per heavy atom. The van der Waals surface area contributed by atoms with Gasteiger partial charge < -0.3 is 10.3 Å². The summed E-state index contributed by atoms with van der Waals surface area (Å²) in [6.45, 7) is 0.844. The molecule has 2 N–H and O–H groups in total. The summed E-state index contributed by atoms with van der Waals surface area (Å²) in [6, 6.07) is 5.83. The van der Waals surface area contributed by atoms with E-state index in [1.807, 2.05) is 48.6 Å². The van der Waals surface area contributed by atoms with Crippen molar-refractivity contribution >= 4 is 5.82 Å². The van der Waals surface area contributed by atoms with E-state index in [1.165, 1.54) is 5.69 Å². The highest BCUT2D eigenvalue weighted by Gasteiger charge is 2.07. The van der Waals surface area contributed by atoms with E-state index in [1.54, 1.807) is 6.20 Å². The summed E-state index contributed by atoms with van der Waals surface area (Å²) in [5, 5.41) is 4.18. The van der Waals surface area contributed by atoms with Crippen molar-refractivity contribution in [3.63, 3.8) is 0 Å². The molecule has 6 heteroatoms. The van der Waals surface area contributed by atoms with Crippen LogP contribution in [0.1, 0.15) is 5.69 Å². The Morgan fingerprint density at radius 2 is 2.15 bits per heavy atom. The van der Waals surface area contributed by atoms with Crippen LogP contribution in [0, 0.1) is 0 Å². The van der Waals surface area contributed by atoms with Crippen molar-refractivity contribution < 1.29 is 0 Å². The monoisotopic (exact) mass is 268 g/mol. The molecule has 0 saturated heterocycles. The molecular weight excluding hydrogens is 252 g/mol. The summed E-state index contributed by atoms with van der Waals surface area (Å²) in [5.41, 5.74) is 9.00. The van der Waals surface area contributed by atoms with Gasteiger partial charge >= 0.3 is 0 Å². The van der Waals surface area contributed by atoms with Gasteiger partial charge in [0.05, 0.1) is 18.2 Å². The molecule has 0 aliphatic rings. The normalized spacial score (nSPS) is 10.8. The lowest BCUT2D eigenvalue weighted by atomic mass is 10.2. The van der Waals surface area contributed by atoms with Gasteiger partial charge in [-0.3, -0.25) is 4.68 Å². The fourth-order valence-corrected chi connectivity index (χ4v) is 2.23. The van der Waals surface area contributed by atoms with E-state index in [0.717, 1.165) is 24.2 Å². The Labute approximate surface area is 116 Å². The van der Waals surface area contributed by atoms with Crippen molar-refractivity contribution in [1.29, 1.82) is 0 Å². The summed E-state index contributed by atoms with van der Waals surface area (Å²) in [7, 11) is 1.95.